The second kappa shape index (κ2) is 9.75. The summed E-state index contributed by atoms with van der Waals surface area (Å²) in [5, 5.41) is 0. The minimum Gasteiger partial charge on any atom is -0.340 e. The Bertz CT molecular complexity index is 1190. The summed E-state index contributed by atoms with van der Waals surface area (Å²) in [5.41, 5.74) is 5.66. The zero-order valence-corrected chi connectivity index (χ0v) is 18.9. The van der Waals surface area contributed by atoms with E-state index in [9.17, 15) is 4.79 Å². The van der Waals surface area contributed by atoms with E-state index in [-0.39, 0.29) is 5.91 Å². The van der Waals surface area contributed by atoms with Crippen LogP contribution in [0.5, 0.6) is 0 Å². The number of likely N-dealkylation sites (N-methyl/N-ethyl adjacent to an activating group) is 1. The lowest BCUT2D eigenvalue weighted by atomic mass is 10.1. The minimum atomic E-state index is -0.0474. The molecule has 0 unspecified atom stereocenters. The van der Waals surface area contributed by atoms with Gasteiger partial charge in [-0.1, -0.05) is 42.5 Å². The van der Waals surface area contributed by atoms with Gasteiger partial charge in [0.05, 0.1) is 5.69 Å². The third-order valence-electron chi connectivity index (χ3n) is 5.67. The molecule has 0 saturated heterocycles. The number of rotatable bonds is 8. The van der Waals surface area contributed by atoms with Crippen LogP contribution < -0.4 is 0 Å². The van der Waals surface area contributed by atoms with Crippen molar-refractivity contribution in [3.8, 4) is 0 Å². The van der Waals surface area contributed by atoms with Crippen LogP contribution in [0.25, 0.3) is 5.65 Å². The Kier molecular flexibility index (Phi) is 6.61. The first kappa shape index (κ1) is 21.7. The third-order valence-corrected chi connectivity index (χ3v) is 5.67. The summed E-state index contributed by atoms with van der Waals surface area (Å²) in [7, 11) is 3.90. The van der Waals surface area contributed by atoms with E-state index in [4.69, 9.17) is 4.98 Å². The highest BCUT2D eigenvalue weighted by Gasteiger charge is 2.23. The number of fused-ring (bicyclic) bond motifs is 1. The quantitative estimate of drug-likeness (QED) is 0.427. The molecule has 1 aromatic carbocycles. The number of carbonyl (C=O) groups is 1. The van der Waals surface area contributed by atoms with Gasteiger partial charge in [-0.15, -0.1) is 0 Å². The molecule has 6 heteroatoms. The molecule has 0 aliphatic heterocycles. The molecule has 0 bridgehead atoms. The van der Waals surface area contributed by atoms with Gasteiger partial charge in [-0.3, -0.25) is 14.7 Å². The molecule has 0 N–H and O–H groups in total. The van der Waals surface area contributed by atoms with Gasteiger partial charge in [0.25, 0.3) is 5.91 Å². The number of aromatic nitrogens is 3. The van der Waals surface area contributed by atoms with Crippen molar-refractivity contribution in [1.82, 2.24) is 24.2 Å². The van der Waals surface area contributed by atoms with E-state index in [1.54, 1.807) is 11.1 Å². The Morgan fingerprint density at radius 3 is 2.50 bits per heavy atom. The molecule has 4 rings (SSSR count). The van der Waals surface area contributed by atoms with Gasteiger partial charge in [0.2, 0.25) is 0 Å². The van der Waals surface area contributed by atoms with E-state index in [2.05, 4.69) is 35.1 Å². The highest BCUT2D eigenvalue weighted by molar-refractivity contribution is 5.94. The van der Waals surface area contributed by atoms with Crippen molar-refractivity contribution in [3.05, 3.63) is 101 Å². The first-order chi connectivity index (χ1) is 15.5. The molecule has 1 amide bonds. The minimum absolute atomic E-state index is 0.0474. The maximum absolute atomic E-state index is 13.4. The van der Waals surface area contributed by atoms with Crippen LogP contribution in [0.15, 0.2) is 73.2 Å². The smallest absolute Gasteiger partial charge is 0.274 e. The number of hydrogen-bond donors (Lipinski definition) is 0. The van der Waals surface area contributed by atoms with Crippen molar-refractivity contribution < 1.29 is 4.79 Å². The molecule has 3 aromatic heterocycles. The fraction of sp³-hybridized carbons (Fsp3) is 0.269. The largest absolute Gasteiger partial charge is 0.340 e. The fourth-order valence-corrected chi connectivity index (χ4v) is 3.91. The van der Waals surface area contributed by atoms with Crippen molar-refractivity contribution in [2.24, 2.45) is 0 Å². The van der Waals surface area contributed by atoms with Gasteiger partial charge < -0.3 is 9.30 Å². The van der Waals surface area contributed by atoms with Gasteiger partial charge in [0, 0.05) is 45.3 Å². The standard InChI is InChI=1S/C26H29N5O/c1-20-9-8-15-31-23(19-29(2)18-22-12-7-14-27-17-22)24(28-25(20)31)26(32)30(3)16-13-21-10-5-4-6-11-21/h4-12,14-15,17H,13,16,18-19H2,1-3H3. The molecule has 0 fully saturated rings. The van der Waals surface area contributed by atoms with Crippen molar-refractivity contribution in [2.45, 2.75) is 26.4 Å². The topological polar surface area (TPSA) is 53.7 Å². The number of benzene rings is 1. The van der Waals surface area contributed by atoms with Gasteiger partial charge in [0.15, 0.2) is 5.69 Å². The summed E-state index contributed by atoms with van der Waals surface area (Å²) in [6.07, 6.45) is 6.45. The molecule has 6 nitrogen and oxygen atoms in total. The van der Waals surface area contributed by atoms with Crippen LogP contribution in [0.4, 0.5) is 0 Å². The number of amides is 1. The van der Waals surface area contributed by atoms with Gasteiger partial charge in [0.1, 0.15) is 5.65 Å². The van der Waals surface area contributed by atoms with Gasteiger partial charge >= 0.3 is 0 Å². The maximum atomic E-state index is 13.4. The van der Waals surface area contributed by atoms with E-state index in [0.29, 0.717) is 18.8 Å². The van der Waals surface area contributed by atoms with E-state index in [1.165, 1.54) is 5.56 Å². The number of carbonyl (C=O) groups excluding carboxylic acids is 1. The number of nitrogens with zero attached hydrogens (tertiary/aromatic N) is 5. The van der Waals surface area contributed by atoms with Crippen molar-refractivity contribution in [3.63, 3.8) is 0 Å². The van der Waals surface area contributed by atoms with Crippen LogP contribution in [-0.2, 0) is 19.5 Å². The lowest BCUT2D eigenvalue weighted by molar-refractivity contribution is 0.0789. The monoisotopic (exact) mass is 427 g/mol. The number of pyridine rings is 2. The lowest BCUT2D eigenvalue weighted by Gasteiger charge is -2.20. The Morgan fingerprint density at radius 2 is 1.75 bits per heavy atom. The number of hydrogen-bond acceptors (Lipinski definition) is 4. The van der Waals surface area contributed by atoms with Gasteiger partial charge in [-0.2, -0.15) is 0 Å². The first-order valence-corrected chi connectivity index (χ1v) is 10.9. The van der Waals surface area contributed by atoms with E-state index >= 15 is 0 Å². The second-order valence-corrected chi connectivity index (χ2v) is 8.29. The molecule has 0 aliphatic carbocycles. The molecular formula is C26H29N5O. The van der Waals surface area contributed by atoms with Crippen LogP contribution in [0.2, 0.25) is 0 Å². The summed E-state index contributed by atoms with van der Waals surface area (Å²) in [5.74, 6) is -0.0474. The van der Waals surface area contributed by atoms with Crippen LogP contribution in [-0.4, -0.2) is 50.7 Å². The van der Waals surface area contributed by atoms with Crippen LogP contribution in [0, 0.1) is 6.92 Å². The highest BCUT2D eigenvalue weighted by atomic mass is 16.2. The average Bonchev–Trinajstić information content (AvgIpc) is 3.17. The Hall–Kier alpha value is -3.51. The van der Waals surface area contributed by atoms with Gasteiger partial charge in [-0.25, -0.2) is 4.98 Å². The SMILES string of the molecule is Cc1cccn2c(CN(C)Cc3cccnc3)c(C(=O)N(C)CCc3ccccc3)nc12. The zero-order valence-electron chi connectivity index (χ0n) is 18.9. The lowest BCUT2D eigenvalue weighted by Crippen LogP contribution is -2.31. The van der Waals surface area contributed by atoms with Crippen LogP contribution >= 0.6 is 0 Å². The molecule has 0 saturated carbocycles. The summed E-state index contributed by atoms with van der Waals surface area (Å²) in [4.78, 5) is 26.4. The van der Waals surface area contributed by atoms with Crippen LogP contribution in [0.3, 0.4) is 0 Å². The maximum Gasteiger partial charge on any atom is 0.274 e. The molecule has 0 spiro atoms. The molecule has 0 aliphatic rings. The van der Waals surface area contributed by atoms with Crippen LogP contribution in [0.1, 0.15) is 32.9 Å². The Morgan fingerprint density at radius 1 is 0.969 bits per heavy atom. The summed E-state index contributed by atoms with van der Waals surface area (Å²) in [6, 6.07) is 18.3. The van der Waals surface area contributed by atoms with Gasteiger partial charge in [-0.05, 0) is 49.2 Å². The number of aryl methyl sites for hydroxylation is 1. The predicted molar refractivity (Wildman–Crippen MR) is 126 cm³/mol. The van der Waals surface area contributed by atoms with E-state index < -0.39 is 0 Å². The summed E-state index contributed by atoms with van der Waals surface area (Å²) in [6.45, 7) is 4.01. The second-order valence-electron chi connectivity index (χ2n) is 8.29. The predicted octanol–water partition coefficient (Wildman–Crippen LogP) is 3.98. The van der Waals surface area contributed by atoms with Crippen molar-refractivity contribution in [2.75, 3.05) is 20.6 Å². The average molecular weight is 428 g/mol. The molecule has 32 heavy (non-hydrogen) atoms. The molecule has 0 radical (unpaired) electrons. The zero-order chi connectivity index (χ0) is 22.5. The molecule has 3 heterocycles. The van der Waals surface area contributed by atoms with E-state index in [1.807, 2.05) is 67.2 Å². The normalized spacial score (nSPS) is 11.2. The first-order valence-electron chi connectivity index (χ1n) is 10.9. The van der Waals surface area contributed by atoms with Crippen molar-refractivity contribution >= 4 is 11.6 Å². The number of imidazole rings is 1. The third kappa shape index (κ3) is 4.86. The summed E-state index contributed by atoms with van der Waals surface area (Å²) < 4.78 is 2.05. The fourth-order valence-electron chi connectivity index (χ4n) is 3.91. The van der Waals surface area contributed by atoms with Crippen molar-refractivity contribution in [1.29, 1.82) is 0 Å². The molecule has 0 atom stereocenters. The Balaban J connectivity index is 1.58. The van der Waals surface area contributed by atoms with E-state index in [0.717, 1.165) is 35.4 Å². The molecule has 164 valence electrons. The highest BCUT2D eigenvalue weighted by Crippen LogP contribution is 2.20. The molecular weight excluding hydrogens is 398 g/mol. The Labute approximate surface area is 189 Å². The molecule has 4 aromatic rings. The summed E-state index contributed by atoms with van der Waals surface area (Å²) >= 11 is 0.